The summed E-state index contributed by atoms with van der Waals surface area (Å²) in [5.41, 5.74) is 5.83. The van der Waals surface area contributed by atoms with Crippen LogP contribution in [0.15, 0.2) is 6.20 Å². The maximum Gasteiger partial charge on any atom is 0.113 e. The average molecular weight is 268 g/mol. The van der Waals surface area contributed by atoms with Gasteiger partial charge in [0.25, 0.3) is 0 Å². The van der Waals surface area contributed by atoms with Gasteiger partial charge in [-0.25, -0.2) is 4.98 Å². The number of rotatable bonds is 2. The molecule has 6 heteroatoms. The Labute approximate surface area is 105 Å². The zero-order valence-corrected chi connectivity index (χ0v) is 10.7. The van der Waals surface area contributed by atoms with Gasteiger partial charge in [0.15, 0.2) is 0 Å². The van der Waals surface area contributed by atoms with Gasteiger partial charge in [0.2, 0.25) is 0 Å². The molecule has 0 saturated carbocycles. The second-order valence-electron chi connectivity index (χ2n) is 3.67. The highest BCUT2D eigenvalue weighted by Gasteiger charge is 2.16. The van der Waals surface area contributed by atoms with Crippen molar-refractivity contribution in [1.82, 2.24) is 9.88 Å². The van der Waals surface area contributed by atoms with Crippen molar-refractivity contribution in [2.75, 3.05) is 13.1 Å². The maximum atomic E-state index is 5.83. The summed E-state index contributed by atoms with van der Waals surface area (Å²) >= 11 is 7.38. The highest BCUT2D eigenvalue weighted by atomic mass is 35.5. The van der Waals surface area contributed by atoms with E-state index in [0.717, 1.165) is 41.8 Å². The predicted molar refractivity (Wildman–Crippen MR) is 66.9 cm³/mol. The number of nitrogens with zero attached hydrogens (tertiary/aromatic N) is 2. The highest BCUT2D eigenvalue weighted by molar-refractivity contribution is 7.15. The van der Waals surface area contributed by atoms with Crippen LogP contribution in [0, 0.1) is 0 Å². The van der Waals surface area contributed by atoms with Gasteiger partial charge in [-0.2, -0.15) is 0 Å². The van der Waals surface area contributed by atoms with Gasteiger partial charge in [-0.1, -0.05) is 11.6 Å². The van der Waals surface area contributed by atoms with E-state index in [1.807, 2.05) is 0 Å². The van der Waals surface area contributed by atoms with Crippen molar-refractivity contribution >= 4 is 35.3 Å². The molecule has 15 heavy (non-hydrogen) atoms. The number of thiazole rings is 1. The Kier molecular flexibility index (Phi) is 5.29. The lowest BCUT2D eigenvalue weighted by molar-refractivity contribution is 0.205. The fourth-order valence-corrected chi connectivity index (χ4v) is 2.66. The van der Waals surface area contributed by atoms with Crippen LogP contribution >= 0.6 is 35.3 Å². The van der Waals surface area contributed by atoms with Crippen LogP contribution in [0.4, 0.5) is 0 Å². The Balaban J connectivity index is 0.00000112. The topological polar surface area (TPSA) is 42.1 Å². The third kappa shape index (κ3) is 3.89. The second-order valence-corrected chi connectivity index (χ2v) is 5.42. The summed E-state index contributed by atoms with van der Waals surface area (Å²) in [6.07, 6.45) is 3.91. The van der Waals surface area contributed by atoms with Crippen LogP contribution in [-0.4, -0.2) is 29.0 Å². The van der Waals surface area contributed by atoms with Gasteiger partial charge in [-0.05, 0) is 12.8 Å². The SMILES string of the molecule is Cl.NC1CCN(Cc2ncc(Cl)s2)CC1. The normalized spacial score (nSPS) is 18.8. The zero-order valence-electron chi connectivity index (χ0n) is 8.36. The fraction of sp³-hybridized carbons (Fsp3) is 0.667. The summed E-state index contributed by atoms with van der Waals surface area (Å²) in [5, 5.41) is 1.10. The molecule has 0 radical (unpaired) electrons. The molecule has 2 heterocycles. The van der Waals surface area contributed by atoms with Crippen molar-refractivity contribution in [2.45, 2.75) is 25.4 Å². The number of likely N-dealkylation sites (tertiary alicyclic amines) is 1. The molecule has 1 aromatic rings. The first-order valence-electron chi connectivity index (χ1n) is 4.82. The average Bonchev–Trinajstić information content (AvgIpc) is 2.56. The lowest BCUT2D eigenvalue weighted by atomic mass is 10.1. The number of nitrogens with two attached hydrogens (primary N) is 1. The molecule has 0 atom stereocenters. The van der Waals surface area contributed by atoms with Gasteiger partial charge in [-0.15, -0.1) is 23.7 Å². The molecule has 0 spiro atoms. The highest BCUT2D eigenvalue weighted by Crippen LogP contribution is 2.20. The van der Waals surface area contributed by atoms with E-state index in [0.29, 0.717) is 6.04 Å². The maximum absolute atomic E-state index is 5.83. The minimum atomic E-state index is 0. The summed E-state index contributed by atoms with van der Waals surface area (Å²) in [4.78, 5) is 6.63. The van der Waals surface area contributed by atoms with E-state index in [1.165, 1.54) is 0 Å². The molecule has 2 rings (SSSR count). The van der Waals surface area contributed by atoms with Crippen LogP contribution in [0.3, 0.4) is 0 Å². The molecule has 0 unspecified atom stereocenters. The molecule has 1 saturated heterocycles. The lowest BCUT2D eigenvalue weighted by Crippen LogP contribution is -2.39. The van der Waals surface area contributed by atoms with Crippen LogP contribution in [0.1, 0.15) is 17.8 Å². The van der Waals surface area contributed by atoms with Gasteiger partial charge in [-0.3, -0.25) is 4.90 Å². The first-order chi connectivity index (χ1) is 6.74. The van der Waals surface area contributed by atoms with E-state index in [2.05, 4.69) is 9.88 Å². The first kappa shape index (κ1) is 13.2. The molecule has 3 nitrogen and oxygen atoms in total. The molecule has 0 aromatic carbocycles. The van der Waals surface area contributed by atoms with E-state index in [1.54, 1.807) is 17.5 Å². The number of hydrogen-bond donors (Lipinski definition) is 1. The van der Waals surface area contributed by atoms with E-state index in [9.17, 15) is 0 Å². The number of hydrogen-bond acceptors (Lipinski definition) is 4. The van der Waals surface area contributed by atoms with E-state index < -0.39 is 0 Å². The van der Waals surface area contributed by atoms with Gasteiger partial charge in [0, 0.05) is 19.1 Å². The van der Waals surface area contributed by atoms with Crippen LogP contribution in [0.2, 0.25) is 4.34 Å². The second kappa shape index (κ2) is 6.01. The van der Waals surface area contributed by atoms with E-state index >= 15 is 0 Å². The predicted octanol–water partition coefficient (Wildman–Crippen LogP) is 2.14. The molecule has 1 aromatic heterocycles. The first-order valence-corrected chi connectivity index (χ1v) is 6.01. The summed E-state index contributed by atoms with van der Waals surface area (Å²) in [7, 11) is 0. The quantitative estimate of drug-likeness (QED) is 0.893. The van der Waals surface area contributed by atoms with Crippen molar-refractivity contribution in [3.63, 3.8) is 0 Å². The third-order valence-corrected chi connectivity index (χ3v) is 3.62. The smallest absolute Gasteiger partial charge is 0.113 e. The Bertz CT molecular complexity index is 297. The van der Waals surface area contributed by atoms with Crippen LogP contribution in [-0.2, 0) is 6.54 Å². The standard InChI is InChI=1S/C9H14ClN3S.ClH/c10-8-5-12-9(14-8)6-13-3-1-7(11)2-4-13;/h5,7H,1-4,6,11H2;1H. The van der Waals surface area contributed by atoms with Gasteiger partial charge < -0.3 is 5.73 Å². The number of halogens is 2. The molecule has 2 N–H and O–H groups in total. The molecule has 0 bridgehead atoms. The van der Waals surface area contributed by atoms with Gasteiger partial charge in [0.05, 0.1) is 12.7 Å². The van der Waals surface area contributed by atoms with Gasteiger partial charge in [0.1, 0.15) is 9.34 Å². The summed E-state index contributed by atoms with van der Waals surface area (Å²) in [6, 6.07) is 0.395. The van der Waals surface area contributed by atoms with Crippen LogP contribution < -0.4 is 5.73 Å². The number of aromatic nitrogens is 1. The van der Waals surface area contributed by atoms with Crippen LogP contribution in [0.25, 0.3) is 0 Å². The monoisotopic (exact) mass is 267 g/mol. The largest absolute Gasteiger partial charge is 0.328 e. The summed E-state index contributed by atoms with van der Waals surface area (Å²) < 4.78 is 0.772. The molecule has 0 aliphatic carbocycles. The molecule has 0 amide bonds. The summed E-state index contributed by atoms with van der Waals surface area (Å²) in [5.74, 6) is 0. The molecule has 1 aliphatic heterocycles. The minimum Gasteiger partial charge on any atom is -0.328 e. The van der Waals surface area contributed by atoms with Crippen molar-refractivity contribution < 1.29 is 0 Å². The van der Waals surface area contributed by atoms with Gasteiger partial charge >= 0.3 is 0 Å². The van der Waals surface area contributed by atoms with Crippen LogP contribution in [0.5, 0.6) is 0 Å². The Morgan fingerprint density at radius 3 is 2.73 bits per heavy atom. The summed E-state index contributed by atoms with van der Waals surface area (Å²) in [6.45, 7) is 3.08. The lowest BCUT2D eigenvalue weighted by Gasteiger charge is -2.29. The number of piperidine rings is 1. The molecule has 1 fully saturated rings. The Morgan fingerprint density at radius 1 is 1.53 bits per heavy atom. The van der Waals surface area contributed by atoms with E-state index in [4.69, 9.17) is 17.3 Å². The fourth-order valence-electron chi connectivity index (χ4n) is 1.66. The molecular formula is C9H15Cl2N3S. The van der Waals surface area contributed by atoms with Crippen molar-refractivity contribution in [3.05, 3.63) is 15.5 Å². The Morgan fingerprint density at radius 2 is 2.20 bits per heavy atom. The molecule has 1 aliphatic rings. The Hall–Kier alpha value is 0.130. The minimum absolute atomic E-state index is 0. The van der Waals surface area contributed by atoms with Crippen molar-refractivity contribution in [2.24, 2.45) is 5.73 Å². The van der Waals surface area contributed by atoms with Crippen molar-refractivity contribution in [1.29, 1.82) is 0 Å². The molecule has 86 valence electrons. The van der Waals surface area contributed by atoms with Crippen molar-refractivity contribution in [3.8, 4) is 0 Å². The molecular weight excluding hydrogens is 253 g/mol. The van der Waals surface area contributed by atoms with E-state index in [-0.39, 0.29) is 12.4 Å². The zero-order chi connectivity index (χ0) is 9.97. The third-order valence-electron chi connectivity index (χ3n) is 2.52.